The van der Waals surface area contributed by atoms with Crippen LogP contribution in [0.1, 0.15) is 64.4 Å². The smallest absolute Gasteiger partial charge is 0.247 e. The minimum Gasteiger partial charge on any atom is -0.372 e. The van der Waals surface area contributed by atoms with Gasteiger partial charge in [-0.15, -0.1) is 0 Å². The average molecular weight is 634 g/mol. The summed E-state index contributed by atoms with van der Waals surface area (Å²) in [4.78, 5) is 47.5. The molecule has 0 aliphatic carbocycles. The van der Waals surface area contributed by atoms with E-state index >= 15 is 0 Å². The quantitative estimate of drug-likeness (QED) is 0.325. The number of benzene rings is 2. The molecule has 0 spiro atoms. The summed E-state index contributed by atoms with van der Waals surface area (Å²) < 4.78 is 1.83. The summed E-state index contributed by atoms with van der Waals surface area (Å²) in [6.07, 6.45) is 3.16. The second kappa shape index (κ2) is 15.4. The number of thioether (sulfide) groups is 1. The van der Waals surface area contributed by atoms with Gasteiger partial charge >= 0.3 is 0 Å². The fourth-order valence-corrected chi connectivity index (χ4v) is 5.89. The molecule has 2 heterocycles. The van der Waals surface area contributed by atoms with E-state index in [0.717, 1.165) is 22.6 Å². The maximum atomic E-state index is 14.1. The van der Waals surface area contributed by atoms with E-state index in [1.165, 1.54) is 0 Å². The van der Waals surface area contributed by atoms with Gasteiger partial charge in [0.2, 0.25) is 17.7 Å². The van der Waals surface area contributed by atoms with Crippen LogP contribution in [0.2, 0.25) is 0 Å². The van der Waals surface area contributed by atoms with Gasteiger partial charge in [-0.1, -0.05) is 61.9 Å². The van der Waals surface area contributed by atoms with Crippen molar-refractivity contribution >= 4 is 35.2 Å². The van der Waals surface area contributed by atoms with Crippen molar-refractivity contribution in [2.24, 2.45) is 5.92 Å². The van der Waals surface area contributed by atoms with Gasteiger partial charge < -0.3 is 20.9 Å². The molecule has 1 aliphatic rings. The number of carbonyl (C=O) groups excluding carboxylic acids is 3. The van der Waals surface area contributed by atoms with E-state index in [0.29, 0.717) is 44.1 Å². The van der Waals surface area contributed by atoms with Crippen LogP contribution in [0.15, 0.2) is 54.6 Å². The predicted molar refractivity (Wildman–Crippen MR) is 181 cm³/mol. The van der Waals surface area contributed by atoms with Crippen molar-refractivity contribution in [1.29, 1.82) is 0 Å². The van der Waals surface area contributed by atoms with Gasteiger partial charge in [0.25, 0.3) is 0 Å². The van der Waals surface area contributed by atoms with Crippen molar-refractivity contribution in [3.63, 3.8) is 0 Å². The predicted octanol–water partition coefficient (Wildman–Crippen LogP) is 4.82. The lowest BCUT2D eigenvalue weighted by molar-refractivity contribution is -0.135. The number of nitrogens with zero attached hydrogens (tertiary/aromatic N) is 4. The molecule has 3 amide bonds. The molecule has 242 valence electrons. The molecule has 45 heavy (non-hydrogen) atoms. The molecule has 10 nitrogen and oxygen atoms in total. The van der Waals surface area contributed by atoms with Gasteiger partial charge in [0.05, 0.1) is 12.6 Å². The molecule has 3 aromatic rings. The fourth-order valence-electron chi connectivity index (χ4n) is 5.42. The minimum absolute atomic E-state index is 0.0132. The second-order valence-corrected chi connectivity index (χ2v) is 13.5. The van der Waals surface area contributed by atoms with Crippen LogP contribution in [-0.2, 0) is 20.9 Å². The Morgan fingerprint density at radius 1 is 1.04 bits per heavy atom. The molecule has 3 N–H and O–H groups in total. The summed E-state index contributed by atoms with van der Waals surface area (Å²) in [6, 6.07) is 16.6. The van der Waals surface area contributed by atoms with E-state index in [1.807, 2.05) is 105 Å². The summed E-state index contributed by atoms with van der Waals surface area (Å²) in [6.45, 7) is 11.0. The van der Waals surface area contributed by atoms with Crippen molar-refractivity contribution in [1.82, 2.24) is 30.3 Å². The van der Waals surface area contributed by atoms with Gasteiger partial charge in [0.1, 0.15) is 11.6 Å². The molecule has 0 radical (unpaired) electrons. The molecule has 0 fully saturated rings. The number of aromatic nitrogens is 3. The molecule has 2 atom stereocenters. The van der Waals surface area contributed by atoms with E-state index in [-0.39, 0.29) is 30.1 Å². The number of aryl methyl sites for hydroxylation is 1. The number of anilines is 1. The highest BCUT2D eigenvalue weighted by Crippen LogP contribution is 2.25. The zero-order valence-corrected chi connectivity index (χ0v) is 28.1. The van der Waals surface area contributed by atoms with E-state index in [4.69, 9.17) is 10.1 Å². The Labute approximate surface area is 271 Å². The number of amides is 3. The van der Waals surface area contributed by atoms with Crippen LogP contribution in [0, 0.1) is 12.8 Å². The molecule has 0 saturated carbocycles. The molecule has 4 rings (SSSR count). The topological polar surface area (TPSA) is 121 Å². The van der Waals surface area contributed by atoms with Gasteiger partial charge in [-0.25, -0.2) is 9.67 Å². The fraction of sp³-hybridized carbons (Fsp3) is 0.500. The van der Waals surface area contributed by atoms with Crippen LogP contribution >= 0.6 is 11.8 Å². The number of hydrogen-bond acceptors (Lipinski definition) is 7. The maximum Gasteiger partial charge on any atom is 0.247 e. The summed E-state index contributed by atoms with van der Waals surface area (Å²) in [5, 5.41) is 14.4. The lowest BCUT2D eigenvalue weighted by Gasteiger charge is -2.34. The standard InChI is InChI=1S/C34H47N7O3S/c1-23(2)29-31-37-30(25-11-8-7-9-12-25)39-41(31)21-20-40(33(44)34(4,5)38-26-16-14-24(3)15-17-26)19-10-13-28(42)35-27(18-22-45-6)32(43)36-29/h7-9,11-12,14-17,23,27,29,38H,10,13,18-22H2,1-6H3,(H,35,42)(H,36,43)/t27-,29+/m0/s1. The minimum atomic E-state index is -0.902. The third-order valence-electron chi connectivity index (χ3n) is 7.98. The molecule has 2 aromatic carbocycles. The summed E-state index contributed by atoms with van der Waals surface area (Å²) in [5.41, 5.74) is 1.97. The Hall–Kier alpha value is -3.86. The van der Waals surface area contributed by atoms with Crippen molar-refractivity contribution in [3.8, 4) is 11.4 Å². The third kappa shape index (κ3) is 9.09. The lowest BCUT2D eigenvalue weighted by atomic mass is 10.0. The first-order chi connectivity index (χ1) is 21.5. The number of carbonyl (C=O) groups is 3. The monoisotopic (exact) mass is 633 g/mol. The van der Waals surface area contributed by atoms with Gasteiger partial charge in [-0.3, -0.25) is 14.4 Å². The zero-order chi connectivity index (χ0) is 32.6. The first-order valence-electron chi connectivity index (χ1n) is 15.7. The van der Waals surface area contributed by atoms with Gasteiger partial charge in [0.15, 0.2) is 11.6 Å². The van der Waals surface area contributed by atoms with Crippen molar-refractivity contribution in [3.05, 3.63) is 66.0 Å². The van der Waals surface area contributed by atoms with Crippen LogP contribution < -0.4 is 16.0 Å². The highest BCUT2D eigenvalue weighted by molar-refractivity contribution is 7.98. The number of hydrogen-bond donors (Lipinski definition) is 3. The maximum absolute atomic E-state index is 14.1. The normalized spacial score (nSPS) is 18.5. The Morgan fingerprint density at radius 2 is 1.76 bits per heavy atom. The number of fused-ring (bicyclic) bond motifs is 1. The number of nitrogens with one attached hydrogen (secondary N) is 3. The Morgan fingerprint density at radius 3 is 2.42 bits per heavy atom. The van der Waals surface area contributed by atoms with Crippen LogP contribution in [0.3, 0.4) is 0 Å². The number of rotatable bonds is 8. The highest BCUT2D eigenvalue weighted by atomic mass is 32.2. The van der Waals surface area contributed by atoms with Gasteiger partial charge in [-0.2, -0.15) is 16.9 Å². The van der Waals surface area contributed by atoms with Crippen LogP contribution in [-0.4, -0.2) is 74.1 Å². The summed E-state index contributed by atoms with van der Waals surface area (Å²) in [7, 11) is 0. The Kier molecular flexibility index (Phi) is 11.7. The van der Waals surface area contributed by atoms with Gasteiger partial charge in [0, 0.05) is 30.8 Å². The van der Waals surface area contributed by atoms with Gasteiger partial charge in [-0.05, 0) is 63.7 Å². The van der Waals surface area contributed by atoms with Crippen LogP contribution in [0.25, 0.3) is 11.4 Å². The largest absolute Gasteiger partial charge is 0.372 e. The average Bonchev–Trinajstić information content (AvgIpc) is 3.44. The third-order valence-corrected chi connectivity index (χ3v) is 8.63. The van der Waals surface area contributed by atoms with Crippen LogP contribution in [0.4, 0.5) is 5.69 Å². The first kappa shape index (κ1) is 34.0. The van der Waals surface area contributed by atoms with E-state index < -0.39 is 17.6 Å². The van der Waals surface area contributed by atoms with Crippen molar-refractivity contribution in [2.45, 2.75) is 78.0 Å². The van der Waals surface area contributed by atoms with Crippen molar-refractivity contribution < 1.29 is 14.4 Å². The van der Waals surface area contributed by atoms with E-state index in [9.17, 15) is 14.4 Å². The summed E-state index contributed by atoms with van der Waals surface area (Å²) in [5.74, 6) is 1.38. The van der Waals surface area contributed by atoms with E-state index in [1.54, 1.807) is 11.8 Å². The molecular formula is C34H47N7O3S. The Balaban J connectivity index is 1.70. The molecule has 11 heteroatoms. The molecule has 1 aliphatic heterocycles. The first-order valence-corrected chi connectivity index (χ1v) is 17.1. The Bertz CT molecular complexity index is 1440. The molecule has 0 saturated heterocycles. The van der Waals surface area contributed by atoms with Crippen LogP contribution in [0.5, 0.6) is 0 Å². The SMILES string of the molecule is CSCC[C@@H]1NC(=O)CCCN(C(=O)C(C)(C)Nc2ccc(C)cc2)CCn2nc(-c3ccccc3)nc2[C@@H](C(C)C)NC1=O. The van der Waals surface area contributed by atoms with E-state index in [2.05, 4.69) is 16.0 Å². The highest BCUT2D eigenvalue weighted by Gasteiger charge is 2.34. The molecule has 0 unspecified atom stereocenters. The second-order valence-electron chi connectivity index (χ2n) is 12.5. The molecule has 0 bridgehead atoms. The lowest BCUT2D eigenvalue weighted by Crippen LogP contribution is -2.52. The summed E-state index contributed by atoms with van der Waals surface area (Å²) >= 11 is 1.63. The zero-order valence-electron chi connectivity index (χ0n) is 27.3. The van der Waals surface area contributed by atoms with Crippen molar-refractivity contribution in [2.75, 3.05) is 30.4 Å². The molecular weight excluding hydrogens is 586 g/mol. The molecule has 1 aromatic heterocycles.